The summed E-state index contributed by atoms with van der Waals surface area (Å²) in [6.45, 7) is 1.93. The minimum Gasteiger partial charge on any atom is -0.387 e. The fraction of sp³-hybridized carbons (Fsp3) is 0.500. The van der Waals surface area contributed by atoms with Crippen molar-refractivity contribution >= 4 is 27.3 Å². The van der Waals surface area contributed by atoms with Crippen LogP contribution in [0, 0.1) is 6.92 Å². The van der Waals surface area contributed by atoms with E-state index < -0.39 is 6.10 Å². The van der Waals surface area contributed by atoms with Crippen LogP contribution in [0.2, 0.25) is 0 Å². The Morgan fingerprint density at radius 2 is 2.60 bits per heavy atom. The highest BCUT2D eigenvalue weighted by atomic mass is 79.9. The number of aliphatic hydroxyl groups is 1. The zero-order chi connectivity index (χ0) is 7.56. The summed E-state index contributed by atoms with van der Waals surface area (Å²) >= 11 is 4.72. The van der Waals surface area contributed by atoms with Crippen LogP contribution in [0.3, 0.4) is 0 Å². The molecule has 1 unspecified atom stereocenters. The summed E-state index contributed by atoms with van der Waals surface area (Å²) in [5.41, 5.74) is 0. The number of aliphatic hydroxyl groups excluding tert-OH is 1. The lowest BCUT2D eigenvalue weighted by Crippen LogP contribution is -1.93. The fourth-order valence-corrected chi connectivity index (χ4v) is 1.94. The van der Waals surface area contributed by atoms with Gasteiger partial charge in [-0.1, -0.05) is 15.9 Å². The van der Waals surface area contributed by atoms with Gasteiger partial charge < -0.3 is 5.11 Å². The molecule has 0 aliphatic carbocycles. The van der Waals surface area contributed by atoms with Crippen molar-refractivity contribution in [3.05, 3.63) is 16.1 Å². The SMILES string of the molecule is Cc1ncc(C(O)CBr)s1. The number of thiazole rings is 1. The van der Waals surface area contributed by atoms with E-state index >= 15 is 0 Å². The maximum Gasteiger partial charge on any atom is 0.0994 e. The quantitative estimate of drug-likeness (QED) is 0.775. The molecule has 0 aliphatic rings. The highest BCUT2D eigenvalue weighted by molar-refractivity contribution is 9.09. The van der Waals surface area contributed by atoms with E-state index in [-0.39, 0.29) is 0 Å². The molecule has 4 heteroatoms. The van der Waals surface area contributed by atoms with Crippen molar-refractivity contribution in [1.82, 2.24) is 4.98 Å². The molecule has 10 heavy (non-hydrogen) atoms. The third-order valence-electron chi connectivity index (χ3n) is 1.11. The predicted octanol–water partition coefficient (Wildman–Crippen LogP) is 1.88. The minimum absolute atomic E-state index is 0.397. The van der Waals surface area contributed by atoms with Gasteiger partial charge in [-0.3, -0.25) is 0 Å². The van der Waals surface area contributed by atoms with E-state index in [4.69, 9.17) is 0 Å². The Morgan fingerprint density at radius 3 is 3.00 bits per heavy atom. The van der Waals surface area contributed by atoms with Gasteiger partial charge in [-0.15, -0.1) is 11.3 Å². The molecule has 0 aliphatic heterocycles. The van der Waals surface area contributed by atoms with Crippen LogP contribution in [-0.2, 0) is 0 Å². The van der Waals surface area contributed by atoms with Gasteiger partial charge in [0.05, 0.1) is 16.0 Å². The molecule has 0 fully saturated rings. The summed E-state index contributed by atoms with van der Waals surface area (Å²) < 4.78 is 0. The topological polar surface area (TPSA) is 33.1 Å². The molecule has 1 rings (SSSR count). The second-order valence-electron chi connectivity index (χ2n) is 1.95. The number of rotatable bonds is 2. The van der Waals surface area contributed by atoms with E-state index in [1.54, 1.807) is 6.20 Å². The molecule has 1 atom stereocenters. The number of aryl methyl sites for hydroxylation is 1. The summed E-state index contributed by atoms with van der Waals surface area (Å²) in [6, 6.07) is 0. The molecule has 0 saturated carbocycles. The molecule has 0 saturated heterocycles. The van der Waals surface area contributed by atoms with Gasteiger partial charge in [-0.2, -0.15) is 0 Å². The van der Waals surface area contributed by atoms with Gasteiger partial charge in [0.2, 0.25) is 0 Å². The molecule has 0 bridgehead atoms. The molecule has 1 N–H and O–H groups in total. The van der Waals surface area contributed by atoms with Crippen LogP contribution >= 0.6 is 27.3 Å². The van der Waals surface area contributed by atoms with Crippen LogP contribution in [0.15, 0.2) is 6.20 Å². The Kier molecular flexibility index (Phi) is 2.82. The molecule has 1 aromatic heterocycles. The first kappa shape index (κ1) is 8.17. The standard InChI is InChI=1S/C6H8BrNOS/c1-4-8-3-6(10-4)5(9)2-7/h3,5,9H,2H2,1H3. The molecule has 0 aromatic carbocycles. The second-order valence-corrected chi connectivity index (χ2v) is 3.87. The Balaban J connectivity index is 2.74. The van der Waals surface area contributed by atoms with Crippen LogP contribution in [0.4, 0.5) is 0 Å². The van der Waals surface area contributed by atoms with Gasteiger partial charge in [-0.05, 0) is 6.92 Å². The number of alkyl halides is 1. The van der Waals surface area contributed by atoms with Crippen molar-refractivity contribution in [3.63, 3.8) is 0 Å². The molecule has 0 spiro atoms. The van der Waals surface area contributed by atoms with Crippen LogP contribution in [-0.4, -0.2) is 15.4 Å². The Morgan fingerprint density at radius 1 is 1.90 bits per heavy atom. The number of hydrogen-bond donors (Lipinski definition) is 1. The normalized spacial score (nSPS) is 13.5. The van der Waals surface area contributed by atoms with Gasteiger partial charge in [-0.25, -0.2) is 4.98 Å². The Labute approximate surface area is 72.0 Å². The molecule has 1 aromatic rings. The number of halogens is 1. The maximum absolute atomic E-state index is 9.27. The first-order valence-corrected chi connectivity index (χ1v) is 4.84. The maximum atomic E-state index is 9.27. The van der Waals surface area contributed by atoms with Gasteiger partial charge in [0.1, 0.15) is 0 Å². The average molecular weight is 222 g/mol. The zero-order valence-electron chi connectivity index (χ0n) is 5.54. The van der Waals surface area contributed by atoms with E-state index in [0.29, 0.717) is 5.33 Å². The lowest BCUT2D eigenvalue weighted by atomic mass is 10.4. The predicted molar refractivity (Wildman–Crippen MR) is 45.6 cm³/mol. The lowest BCUT2D eigenvalue weighted by molar-refractivity contribution is 0.209. The van der Waals surface area contributed by atoms with Crippen LogP contribution in [0.25, 0.3) is 0 Å². The van der Waals surface area contributed by atoms with E-state index in [9.17, 15) is 5.11 Å². The second kappa shape index (κ2) is 3.46. The summed E-state index contributed by atoms with van der Waals surface area (Å²) in [7, 11) is 0. The number of nitrogens with zero attached hydrogens (tertiary/aromatic N) is 1. The first-order valence-electron chi connectivity index (χ1n) is 2.90. The molecule has 2 nitrogen and oxygen atoms in total. The van der Waals surface area contributed by atoms with Crippen molar-refractivity contribution < 1.29 is 5.11 Å². The van der Waals surface area contributed by atoms with Crippen LogP contribution in [0.5, 0.6) is 0 Å². The van der Waals surface area contributed by atoms with Crippen LogP contribution < -0.4 is 0 Å². The van der Waals surface area contributed by atoms with Crippen molar-refractivity contribution in [2.24, 2.45) is 0 Å². The summed E-state index contributed by atoms with van der Waals surface area (Å²) in [5, 5.41) is 10.8. The van der Waals surface area contributed by atoms with E-state index in [1.807, 2.05) is 6.92 Å². The van der Waals surface area contributed by atoms with E-state index in [1.165, 1.54) is 11.3 Å². The molecule has 0 amide bonds. The Bertz CT molecular complexity index is 213. The monoisotopic (exact) mass is 221 g/mol. The molecule has 1 heterocycles. The number of hydrogen-bond acceptors (Lipinski definition) is 3. The third-order valence-corrected chi connectivity index (χ3v) is 2.74. The number of aromatic nitrogens is 1. The first-order chi connectivity index (χ1) is 4.74. The average Bonchev–Trinajstić information content (AvgIpc) is 2.34. The summed E-state index contributed by atoms with van der Waals surface area (Å²) in [5.74, 6) is 0. The van der Waals surface area contributed by atoms with Gasteiger partial charge in [0.25, 0.3) is 0 Å². The van der Waals surface area contributed by atoms with Gasteiger partial charge >= 0.3 is 0 Å². The van der Waals surface area contributed by atoms with Crippen molar-refractivity contribution in [2.45, 2.75) is 13.0 Å². The van der Waals surface area contributed by atoms with Gasteiger partial charge in [0, 0.05) is 11.5 Å². The summed E-state index contributed by atoms with van der Waals surface area (Å²) in [4.78, 5) is 4.95. The highest BCUT2D eigenvalue weighted by Gasteiger charge is 2.07. The molecular formula is C6H8BrNOS. The third kappa shape index (κ3) is 1.78. The molecule has 56 valence electrons. The highest BCUT2D eigenvalue weighted by Crippen LogP contribution is 2.21. The van der Waals surface area contributed by atoms with Crippen LogP contribution in [0.1, 0.15) is 16.0 Å². The molecule has 0 radical (unpaired) electrons. The van der Waals surface area contributed by atoms with E-state index in [0.717, 1.165) is 9.88 Å². The van der Waals surface area contributed by atoms with Crippen molar-refractivity contribution in [2.75, 3.05) is 5.33 Å². The Hall–Kier alpha value is 0.0700. The summed E-state index contributed by atoms with van der Waals surface area (Å²) in [6.07, 6.45) is 1.32. The lowest BCUT2D eigenvalue weighted by Gasteiger charge is -1.99. The van der Waals surface area contributed by atoms with Gasteiger partial charge in [0.15, 0.2) is 0 Å². The largest absolute Gasteiger partial charge is 0.387 e. The van der Waals surface area contributed by atoms with Crippen molar-refractivity contribution in [1.29, 1.82) is 0 Å². The van der Waals surface area contributed by atoms with E-state index in [2.05, 4.69) is 20.9 Å². The zero-order valence-corrected chi connectivity index (χ0v) is 7.94. The molecular weight excluding hydrogens is 214 g/mol. The fourth-order valence-electron chi connectivity index (χ4n) is 0.608. The van der Waals surface area contributed by atoms with Crippen molar-refractivity contribution in [3.8, 4) is 0 Å². The minimum atomic E-state index is -0.397. The smallest absolute Gasteiger partial charge is 0.0994 e.